The number of benzene rings is 2. The van der Waals surface area contributed by atoms with Gasteiger partial charge in [0, 0.05) is 56.8 Å². The molecule has 3 fully saturated rings. The zero-order chi connectivity index (χ0) is 33.2. The summed E-state index contributed by atoms with van der Waals surface area (Å²) in [5, 5.41) is 9.93. The Labute approximate surface area is 281 Å². The summed E-state index contributed by atoms with van der Waals surface area (Å²) in [5.74, 6) is -1.17. The van der Waals surface area contributed by atoms with Gasteiger partial charge in [0.15, 0.2) is 0 Å². The second-order valence-electron chi connectivity index (χ2n) is 13.2. The largest absolute Gasteiger partial charge is 0.379 e. The lowest BCUT2D eigenvalue weighted by molar-refractivity contribution is -0.134. The highest BCUT2D eigenvalue weighted by atomic mass is 79.9. The fraction of sp³-hybridized carbons (Fsp3) is 0.457. The van der Waals surface area contributed by atoms with Gasteiger partial charge in [-0.25, -0.2) is 9.07 Å². The number of likely N-dealkylation sites (N-methyl/N-ethyl adjacent to an activating group) is 1. The van der Waals surface area contributed by atoms with Crippen LogP contribution >= 0.6 is 15.9 Å². The number of nitrogens with one attached hydrogen (secondary N) is 2. The second kappa shape index (κ2) is 14.1. The number of rotatable bonds is 7. The van der Waals surface area contributed by atoms with E-state index in [4.69, 9.17) is 0 Å². The molecule has 3 aromatic rings. The predicted octanol–water partition coefficient (Wildman–Crippen LogP) is 4.20. The van der Waals surface area contributed by atoms with Gasteiger partial charge in [0.2, 0.25) is 11.8 Å². The van der Waals surface area contributed by atoms with Crippen molar-refractivity contribution >= 4 is 39.3 Å². The summed E-state index contributed by atoms with van der Waals surface area (Å²) < 4.78 is 16.8. The molecule has 2 aromatic carbocycles. The van der Waals surface area contributed by atoms with Crippen molar-refractivity contribution in [3.8, 4) is 0 Å². The van der Waals surface area contributed by atoms with E-state index in [-0.39, 0.29) is 35.8 Å². The molecule has 3 amide bonds. The molecule has 47 heavy (non-hydrogen) atoms. The number of imide groups is 1. The molecule has 12 heteroatoms. The minimum Gasteiger partial charge on any atom is -0.379 e. The predicted molar refractivity (Wildman–Crippen MR) is 180 cm³/mol. The summed E-state index contributed by atoms with van der Waals surface area (Å²) in [5.41, 5.74) is 3.56. The van der Waals surface area contributed by atoms with Gasteiger partial charge >= 0.3 is 0 Å². The lowest BCUT2D eigenvalue weighted by Crippen LogP contribution is -2.43. The Morgan fingerprint density at radius 3 is 2.49 bits per heavy atom. The maximum atomic E-state index is 15.0. The molecule has 0 aliphatic carbocycles. The van der Waals surface area contributed by atoms with Crippen LogP contribution in [0.15, 0.2) is 57.9 Å². The van der Waals surface area contributed by atoms with Crippen LogP contribution in [0.25, 0.3) is 0 Å². The number of halogens is 2. The highest BCUT2D eigenvalue weighted by Crippen LogP contribution is 2.31. The van der Waals surface area contributed by atoms with Crippen LogP contribution in [0.1, 0.15) is 71.0 Å². The highest BCUT2D eigenvalue weighted by molar-refractivity contribution is 9.10. The molecule has 0 radical (unpaired) electrons. The van der Waals surface area contributed by atoms with E-state index in [1.807, 2.05) is 23.1 Å². The van der Waals surface area contributed by atoms with E-state index in [0.717, 1.165) is 37.9 Å². The first-order valence-corrected chi connectivity index (χ1v) is 17.0. The third kappa shape index (κ3) is 7.49. The van der Waals surface area contributed by atoms with Crippen LogP contribution in [0.2, 0.25) is 0 Å². The third-order valence-corrected chi connectivity index (χ3v) is 10.6. The normalized spacial score (nSPS) is 22.6. The molecule has 0 spiro atoms. The number of anilines is 1. The topological polar surface area (TPSA) is 117 Å². The molecule has 0 saturated carbocycles. The second-order valence-corrected chi connectivity index (χ2v) is 14.0. The van der Waals surface area contributed by atoms with Crippen LogP contribution in [0.4, 0.5) is 10.1 Å². The number of carbonyl (C=O) groups is 3. The van der Waals surface area contributed by atoms with E-state index in [1.165, 1.54) is 16.3 Å². The number of hydrogen-bond donors (Lipinski definition) is 2. The highest BCUT2D eigenvalue weighted by Gasteiger charge is 2.31. The number of aromatic nitrogens is 2. The van der Waals surface area contributed by atoms with Crippen molar-refractivity contribution in [2.24, 2.45) is 13.0 Å². The Balaban J connectivity index is 1.01. The van der Waals surface area contributed by atoms with E-state index in [1.54, 1.807) is 19.3 Å². The summed E-state index contributed by atoms with van der Waals surface area (Å²) in [6, 6.07) is 13.2. The Hall–Kier alpha value is -3.90. The molecule has 10 nitrogen and oxygen atoms in total. The zero-order valence-electron chi connectivity index (χ0n) is 26.7. The van der Waals surface area contributed by atoms with Gasteiger partial charge in [-0.1, -0.05) is 24.3 Å². The van der Waals surface area contributed by atoms with Gasteiger partial charge in [0.25, 0.3) is 11.5 Å². The number of amides is 3. The van der Waals surface area contributed by atoms with Gasteiger partial charge < -0.3 is 15.1 Å². The number of piperidine rings is 3. The molecule has 0 bridgehead atoms. The number of hydrogen-bond acceptors (Lipinski definition) is 7. The first-order chi connectivity index (χ1) is 22.5. The average Bonchev–Trinajstić information content (AvgIpc) is 3.05. The van der Waals surface area contributed by atoms with Gasteiger partial charge in [-0.2, -0.15) is 5.10 Å². The molecular weight excluding hydrogens is 667 g/mol. The Kier molecular flexibility index (Phi) is 9.88. The van der Waals surface area contributed by atoms with E-state index in [0.29, 0.717) is 53.1 Å². The van der Waals surface area contributed by atoms with E-state index in [2.05, 4.69) is 55.7 Å². The van der Waals surface area contributed by atoms with E-state index in [9.17, 15) is 23.6 Å². The number of carbonyl (C=O) groups excluding carboxylic acids is 3. The molecule has 1 aromatic heterocycles. The summed E-state index contributed by atoms with van der Waals surface area (Å²) in [6.07, 6.45) is 5.47. The van der Waals surface area contributed by atoms with Crippen molar-refractivity contribution in [1.82, 2.24) is 24.9 Å². The molecule has 1 unspecified atom stereocenters. The monoisotopic (exact) mass is 706 g/mol. The third-order valence-electron chi connectivity index (χ3n) is 9.81. The fourth-order valence-corrected chi connectivity index (χ4v) is 7.69. The lowest BCUT2D eigenvalue weighted by atomic mass is 9.86. The van der Waals surface area contributed by atoms with Crippen LogP contribution in [-0.2, 0) is 23.1 Å². The molecule has 6 rings (SSSR count). The summed E-state index contributed by atoms with van der Waals surface area (Å²) in [7, 11) is 3.71. The smallest absolute Gasteiger partial charge is 0.282 e. The van der Waals surface area contributed by atoms with Gasteiger partial charge in [-0.15, -0.1) is 0 Å². The van der Waals surface area contributed by atoms with Crippen LogP contribution in [0.3, 0.4) is 0 Å². The number of nitrogens with zero attached hydrogens (tertiary/aromatic N) is 4. The van der Waals surface area contributed by atoms with Crippen LogP contribution in [0.5, 0.6) is 0 Å². The molecule has 3 saturated heterocycles. The first-order valence-electron chi connectivity index (χ1n) is 16.2. The summed E-state index contributed by atoms with van der Waals surface area (Å²) in [6.45, 7) is 3.04. The van der Waals surface area contributed by atoms with Crippen molar-refractivity contribution in [2.45, 2.75) is 56.4 Å². The lowest BCUT2D eigenvalue weighted by Gasteiger charge is -2.37. The van der Waals surface area contributed by atoms with Crippen LogP contribution in [0, 0.1) is 11.7 Å². The van der Waals surface area contributed by atoms with Crippen molar-refractivity contribution in [2.75, 3.05) is 38.5 Å². The van der Waals surface area contributed by atoms with Crippen LogP contribution in [-0.4, -0.2) is 76.6 Å². The first kappa shape index (κ1) is 33.0. The zero-order valence-corrected chi connectivity index (χ0v) is 28.3. The number of aryl methyl sites for hydroxylation is 1. The van der Waals surface area contributed by atoms with Gasteiger partial charge in [0.05, 0.1) is 17.8 Å². The van der Waals surface area contributed by atoms with Crippen LogP contribution < -0.4 is 16.2 Å². The summed E-state index contributed by atoms with van der Waals surface area (Å²) >= 11 is 3.41. The molecular formula is C35H40BrFN6O4. The molecule has 3 aliphatic heterocycles. The van der Waals surface area contributed by atoms with Gasteiger partial charge in [-0.05, 0) is 96.2 Å². The quantitative estimate of drug-likeness (QED) is 0.354. The van der Waals surface area contributed by atoms with Crippen molar-refractivity contribution < 1.29 is 18.8 Å². The standard InChI is InChI=1S/C35H40BrFN6O4/c1-41-19-25(17-26(20-41)39-30-18-38-42(2)35(47)32(30)36)23-4-6-24(7-5-23)34(46)43-13-11-21(12-14-43)15-22-3-8-27(29(37)16-22)28-9-10-31(44)40-33(28)45/h3-8,16,18,21,25-26,28,39H,9-15,17,19-20H2,1-2H3,(H,40,44,45)/t25-,26+,28?/m0/s1. The van der Waals surface area contributed by atoms with Gasteiger partial charge in [0.1, 0.15) is 10.3 Å². The average molecular weight is 708 g/mol. The van der Waals surface area contributed by atoms with Crippen molar-refractivity contribution in [1.29, 1.82) is 0 Å². The van der Waals surface area contributed by atoms with Crippen molar-refractivity contribution in [3.05, 3.63) is 91.6 Å². The minimum atomic E-state index is -0.638. The van der Waals surface area contributed by atoms with Crippen molar-refractivity contribution in [3.63, 3.8) is 0 Å². The molecule has 3 aliphatic rings. The maximum absolute atomic E-state index is 15.0. The number of likely N-dealkylation sites (tertiary alicyclic amines) is 2. The molecule has 248 valence electrons. The SMILES string of the molecule is CN1C[C@H](Nc2cnn(C)c(=O)c2Br)C[C@H](c2ccc(C(=O)N3CCC(Cc4ccc(C5CCC(=O)NC5=O)c(F)c4)CC3)cc2)C1. The Bertz CT molecular complexity index is 1720. The molecule has 2 N–H and O–H groups in total. The van der Waals surface area contributed by atoms with E-state index >= 15 is 0 Å². The molecule has 3 atom stereocenters. The Morgan fingerprint density at radius 1 is 1.04 bits per heavy atom. The fourth-order valence-electron chi connectivity index (χ4n) is 7.22. The van der Waals surface area contributed by atoms with E-state index < -0.39 is 17.6 Å². The Morgan fingerprint density at radius 2 is 1.79 bits per heavy atom. The minimum absolute atomic E-state index is 0.0259. The molecule has 4 heterocycles. The summed E-state index contributed by atoms with van der Waals surface area (Å²) in [4.78, 5) is 53.5. The van der Waals surface area contributed by atoms with Gasteiger partial charge in [-0.3, -0.25) is 24.5 Å². The maximum Gasteiger partial charge on any atom is 0.282 e.